The average molecular weight is 983 g/mol. The number of esters is 1. The van der Waals surface area contributed by atoms with Crippen molar-refractivity contribution in [3.63, 3.8) is 0 Å². The summed E-state index contributed by atoms with van der Waals surface area (Å²) in [6.45, 7) is 11.0. The minimum absolute atomic E-state index is 0. The third kappa shape index (κ3) is 12.5. The normalized spacial score (nSPS) is 17.7. The van der Waals surface area contributed by atoms with Crippen LogP contribution in [-0.2, 0) is 46.5 Å². The Morgan fingerprint density at radius 3 is 2.18 bits per heavy atom. The number of pyridine rings is 1. The summed E-state index contributed by atoms with van der Waals surface area (Å²) >= 11 is 1.36. The van der Waals surface area contributed by atoms with Crippen molar-refractivity contribution < 1.29 is 69.3 Å². The van der Waals surface area contributed by atoms with Gasteiger partial charge in [0.15, 0.2) is 18.5 Å². The van der Waals surface area contributed by atoms with E-state index in [0.29, 0.717) is 29.8 Å². The number of halogens is 1. The zero-order valence-corrected chi connectivity index (χ0v) is 39.9. The predicted molar refractivity (Wildman–Crippen MR) is 241 cm³/mol. The van der Waals surface area contributed by atoms with Gasteiger partial charge >= 0.3 is 18.2 Å². The second-order valence-corrected chi connectivity index (χ2v) is 18.8. The Hall–Kier alpha value is -6.46. The number of nitrogens with zero attached hydrogens (tertiary/aromatic N) is 3. The Morgan fingerprint density at radius 1 is 0.864 bits per heavy atom. The van der Waals surface area contributed by atoms with Crippen molar-refractivity contribution in [2.75, 3.05) is 17.6 Å². The summed E-state index contributed by atoms with van der Waals surface area (Å²) in [6, 6.07) is 27.7. The maximum Gasteiger partial charge on any atom is 0.514 e. The van der Waals surface area contributed by atoms with E-state index in [9.17, 15) is 28.8 Å². The van der Waals surface area contributed by atoms with Crippen molar-refractivity contribution in [1.29, 1.82) is 0 Å². The van der Waals surface area contributed by atoms with E-state index >= 15 is 0 Å². The third-order valence-electron chi connectivity index (χ3n) is 10.2. The first-order valence-electron chi connectivity index (χ1n) is 21.2. The van der Waals surface area contributed by atoms with Crippen molar-refractivity contribution in [2.24, 2.45) is 0 Å². The molecule has 0 saturated carbocycles. The molecule has 1 aromatic heterocycles. The minimum atomic E-state index is -0.939. The van der Waals surface area contributed by atoms with Gasteiger partial charge in [0.2, 0.25) is 12.5 Å². The average Bonchev–Trinajstić information content (AvgIpc) is 3.58. The quantitative estimate of drug-likeness (QED) is 0.0525. The number of aromatic nitrogens is 1. The Kier molecular flexibility index (Phi) is 15.4. The van der Waals surface area contributed by atoms with E-state index in [-0.39, 0.29) is 59.1 Å². The van der Waals surface area contributed by atoms with Crippen LogP contribution in [0.3, 0.4) is 0 Å². The lowest BCUT2D eigenvalue weighted by atomic mass is 10.00. The highest BCUT2D eigenvalue weighted by Gasteiger charge is 2.55. The van der Waals surface area contributed by atoms with Gasteiger partial charge in [0.25, 0.3) is 11.8 Å². The Labute approximate surface area is 398 Å². The van der Waals surface area contributed by atoms with E-state index in [1.54, 1.807) is 93.7 Å². The maximum atomic E-state index is 14.5. The van der Waals surface area contributed by atoms with Gasteiger partial charge in [0.1, 0.15) is 34.1 Å². The standard InChI is InChI=1S/C49H51N5O10S.BrH/c1-48(2,3)63-46(59)51-39-43(57)54-40(45(58)62-41(32-16-9-7-10-17-32)33-18-11-8-12-19-33)35(30-65-44(39)54)25-34-22-24-53(42(34)56)28-31-15-14-23-52(27-31)29-38(55)50-36-20-13-21-37(26-36)61-47(60)64-49(4,5)6;/h7-21,23,25-27,39,41,44H,22,24,28-30H2,1-6H3,(H-,50,51,55,59);1H/t39-,44-;/m1./s1. The number of thioether (sulfide) groups is 1. The SMILES string of the molecule is CC(C)(C)OC(=O)N[C@@H]1C(=O)N2C(C(=O)OC(c3ccccc3)c3ccccc3)=C(C=C3CCN(Cc4ccc[n+](CC(=O)Nc5cccc(OC(=O)OC(C)(C)C)c5)c4)C3=O)CS[C@H]12.[Br-]. The van der Waals surface area contributed by atoms with Crippen LogP contribution in [0.25, 0.3) is 0 Å². The number of carbonyl (C=O) groups excluding carboxylic acids is 6. The molecule has 3 aromatic carbocycles. The molecular formula is C49H52BrN5O10S. The Bertz CT molecular complexity index is 2500. The molecule has 4 aromatic rings. The number of carbonyl (C=O) groups is 6. The summed E-state index contributed by atoms with van der Waals surface area (Å²) in [5.41, 5.74) is 2.09. The molecule has 0 unspecified atom stereocenters. The molecule has 17 heteroatoms. The van der Waals surface area contributed by atoms with Crippen LogP contribution in [0.2, 0.25) is 0 Å². The number of fused-ring (bicyclic) bond motifs is 1. The Balaban J connectivity index is 0.00000720. The first-order chi connectivity index (χ1) is 30.9. The first-order valence-corrected chi connectivity index (χ1v) is 22.2. The van der Waals surface area contributed by atoms with Crippen molar-refractivity contribution in [3.8, 4) is 5.75 Å². The van der Waals surface area contributed by atoms with Crippen LogP contribution in [0.4, 0.5) is 15.3 Å². The van der Waals surface area contributed by atoms with Gasteiger partial charge in [-0.25, -0.2) is 14.4 Å². The topological polar surface area (TPSA) is 174 Å². The zero-order valence-electron chi connectivity index (χ0n) is 37.4. The number of allylic oxidation sites excluding steroid dienone is 1. The van der Waals surface area contributed by atoms with Crippen LogP contribution in [0, 0.1) is 0 Å². The summed E-state index contributed by atoms with van der Waals surface area (Å²) in [5, 5.41) is 4.87. The molecular weight excluding hydrogens is 931 g/mol. The van der Waals surface area contributed by atoms with Gasteiger partial charge in [-0.05, 0) is 88.9 Å². The second-order valence-electron chi connectivity index (χ2n) is 17.7. The highest BCUT2D eigenvalue weighted by atomic mass is 79.9. The number of likely N-dealkylation sites (tertiary alicyclic amines) is 1. The summed E-state index contributed by atoms with van der Waals surface area (Å²) in [5.74, 6) is -1.34. The molecule has 0 aliphatic carbocycles. The van der Waals surface area contributed by atoms with Gasteiger partial charge in [-0.2, -0.15) is 4.57 Å². The molecule has 2 atom stereocenters. The zero-order chi connectivity index (χ0) is 46.5. The van der Waals surface area contributed by atoms with E-state index in [0.717, 1.165) is 16.7 Å². The second kappa shape index (κ2) is 20.8. The molecule has 4 amide bonds. The van der Waals surface area contributed by atoms with E-state index in [2.05, 4.69) is 10.6 Å². The van der Waals surface area contributed by atoms with Gasteiger partial charge in [-0.15, -0.1) is 11.8 Å². The highest BCUT2D eigenvalue weighted by molar-refractivity contribution is 8.00. The van der Waals surface area contributed by atoms with Crippen molar-refractivity contribution in [2.45, 2.75) is 89.8 Å². The monoisotopic (exact) mass is 981 g/mol. The van der Waals surface area contributed by atoms with E-state index in [1.807, 2.05) is 66.7 Å². The van der Waals surface area contributed by atoms with Gasteiger partial charge < -0.3 is 51.5 Å². The molecule has 0 spiro atoms. The van der Waals surface area contributed by atoms with Gasteiger partial charge in [-0.3, -0.25) is 19.3 Å². The lowest BCUT2D eigenvalue weighted by Gasteiger charge is -2.49. The van der Waals surface area contributed by atoms with Crippen molar-refractivity contribution in [1.82, 2.24) is 15.1 Å². The number of amides is 4. The highest BCUT2D eigenvalue weighted by Crippen LogP contribution is 2.43. The largest absolute Gasteiger partial charge is 1.00 e. The van der Waals surface area contributed by atoms with Crippen LogP contribution in [0.1, 0.15) is 70.8 Å². The molecule has 66 heavy (non-hydrogen) atoms. The van der Waals surface area contributed by atoms with E-state index < -0.39 is 52.8 Å². The fraction of sp³-hybridized carbons (Fsp3) is 0.327. The van der Waals surface area contributed by atoms with Gasteiger partial charge in [0.05, 0.1) is 6.54 Å². The number of benzene rings is 3. The van der Waals surface area contributed by atoms with Crippen LogP contribution in [0.15, 0.2) is 132 Å². The van der Waals surface area contributed by atoms with Crippen LogP contribution in [-0.4, -0.2) is 80.7 Å². The van der Waals surface area contributed by atoms with E-state index in [1.165, 1.54) is 22.7 Å². The number of hydrogen-bond donors (Lipinski definition) is 2. The number of ether oxygens (including phenoxy) is 4. The minimum Gasteiger partial charge on any atom is -1.00 e. The number of hydrogen-bond acceptors (Lipinski definition) is 11. The molecule has 3 aliphatic rings. The molecule has 2 fully saturated rings. The molecule has 2 N–H and O–H groups in total. The van der Waals surface area contributed by atoms with Crippen LogP contribution < -0.4 is 36.9 Å². The fourth-order valence-corrected chi connectivity index (χ4v) is 8.75. The summed E-state index contributed by atoms with van der Waals surface area (Å²) in [6.07, 6.45) is 3.21. The molecule has 15 nitrogen and oxygen atoms in total. The summed E-state index contributed by atoms with van der Waals surface area (Å²) in [7, 11) is 0. The fourth-order valence-electron chi connectivity index (χ4n) is 7.45. The third-order valence-corrected chi connectivity index (χ3v) is 11.5. The Morgan fingerprint density at radius 2 is 1.53 bits per heavy atom. The summed E-state index contributed by atoms with van der Waals surface area (Å²) < 4.78 is 23.9. The molecule has 3 aliphatic heterocycles. The first kappa shape index (κ1) is 49.0. The lowest BCUT2D eigenvalue weighted by Crippen LogP contribution is -3.00. The van der Waals surface area contributed by atoms with Crippen LogP contribution in [0.5, 0.6) is 5.75 Å². The number of anilines is 1. The number of nitrogens with one attached hydrogen (secondary N) is 2. The summed E-state index contributed by atoms with van der Waals surface area (Å²) in [4.78, 5) is 83.4. The smallest absolute Gasteiger partial charge is 0.514 e. The number of alkyl carbamates (subject to hydrolysis) is 1. The lowest BCUT2D eigenvalue weighted by molar-refractivity contribution is -0.684. The molecule has 0 radical (unpaired) electrons. The maximum absolute atomic E-state index is 14.5. The van der Waals surface area contributed by atoms with Gasteiger partial charge in [0, 0.05) is 41.3 Å². The molecule has 4 heterocycles. The number of β-lactam (4-membered cyclic amide) rings is 1. The van der Waals surface area contributed by atoms with Crippen LogP contribution >= 0.6 is 11.8 Å². The molecule has 7 rings (SSSR count). The van der Waals surface area contributed by atoms with Crippen molar-refractivity contribution >= 4 is 53.4 Å². The van der Waals surface area contributed by atoms with E-state index in [4.69, 9.17) is 18.9 Å². The molecule has 346 valence electrons. The predicted octanol–water partition coefficient (Wildman–Crippen LogP) is 3.98. The van der Waals surface area contributed by atoms with Crippen molar-refractivity contribution in [3.05, 3.63) is 149 Å². The number of rotatable bonds is 12. The van der Waals surface area contributed by atoms with Gasteiger partial charge in [-0.1, -0.05) is 66.7 Å². The molecule has 0 bridgehead atoms. The molecule has 2 saturated heterocycles.